The number of nitrogens with zero attached hydrogens (tertiary/aromatic N) is 1. The zero-order chi connectivity index (χ0) is 13.9. The van der Waals surface area contributed by atoms with E-state index < -0.39 is 0 Å². The van der Waals surface area contributed by atoms with E-state index in [2.05, 4.69) is 5.32 Å². The van der Waals surface area contributed by atoms with Crippen molar-refractivity contribution in [3.63, 3.8) is 0 Å². The maximum absolute atomic E-state index is 12.5. The van der Waals surface area contributed by atoms with Gasteiger partial charge in [0.05, 0.1) is 13.5 Å². The van der Waals surface area contributed by atoms with Crippen molar-refractivity contribution in [2.45, 2.75) is 12.8 Å². The largest absolute Gasteiger partial charge is 0.496 e. The summed E-state index contributed by atoms with van der Waals surface area (Å²) in [5.74, 6) is 2.44. The lowest BCUT2D eigenvalue weighted by atomic mass is 9.88. The molecule has 108 valence electrons. The van der Waals surface area contributed by atoms with Crippen LogP contribution in [0.15, 0.2) is 24.3 Å². The number of rotatable bonds is 3. The lowest BCUT2D eigenvalue weighted by molar-refractivity contribution is -0.132. The second-order valence-electron chi connectivity index (χ2n) is 5.80. The summed E-state index contributed by atoms with van der Waals surface area (Å²) in [6, 6.07) is 7.77. The number of carbonyl (C=O) groups is 1. The monoisotopic (exact) mass is 274 g/mol. The minimum atomic E-state index is 0.222. The predicted octanol–water partition coefficient (Wildman–Crippen LogP) is 1.31. The smallest absolute Gasteiger partial charge is 0.227 e. The van der Waals surface area contributed by atoms with Gasteiger partial charge in [-0.15, -0.1) is 0 Å². The third-order valence-corrected chi connectivity index (χ3v) is 4.59. The maximum atomic E-state index is 12.5. The Morgan fingerprint density at radius 3 is 3.00 bits per heavy atom. The van der Waals surface area contributed by atoms with E-state index in [1.807, 2.05) is 29.2 Å². The van der Waals surface area contributed by atoms with E-state index in [4.69, 9.17) is 4.74 Å². The molecule has 4 nitrogen and oxygen atoms in total. The number of hydrogen-bond donors (Lipinski definition) is 1. The SMILES string of the molecule is COc1ccccc1CC(=O)N1CCC2CNCC2C1. The molecule has 3 rings (SSSR count). The molecule has 1 aromatic rings. The number of methoxy groups -OCH3 is 1. The van der Waals surface area contributed by atoms with E-state index >= 15 is 0 Å². The van der Waals surface area contributed by atoms with Crippen LogP contribution in [-0.4, -0.2) is 44.1 Å². The van der Waals surface area contributed by atoms with Gasteiger partial charge in [0.25, 0.3) is 0 Å². The fourth-order valence-corrected chi connectivity index (χ4v) is 3.39. The molecule has 2 saturated heterocycles. The third kappa shape index (κ3) is 2.66. The number of nitrogens with one attached hydrogen (secondary N) is 1. The number of likely N-dealkylation sites (tertiary alicyclic amines) is 1. The zero-order valence-electron chi connectivity index (χ0n) is 12.0. The molecule has 2 unspecified atom stereocenters. The first kappa shape index (κ1) is 13.4. The van der Waals surface area contributed by atoms with Crippen molar-refractivity contribution in [1.82, 2.24) is 10.2 Å². The molecule has 0 bridgehead atoms. The van der Waals surface area contributed by atoms with Crippen molar-refractivity contribution in [3.8, 4) is 5.75 Å². The minimum absolute atomic E-state index is 0.222. The maximum Gasteiger partial charge on any atom is 0.227 e. The quantitative estimate of drug-likeness (QED) is 0.903. The number of benzene rings is 1. The van der Waals surface area contributed by atoms with Crippen molar-refractivity contribution in [1.29, 1.82) is 0 Å². The molecule has 2 aliphatic heterocycles. The molecular weight excluding hydrogens is 252 g/mol. The fourth-order valence-electron chi connectivity index (χ4n) is 3.39. The molecule has 20 heavy (non-hydrogen) atoms. The third-order valence-electron chi connectivity index (χ3n) is 4.59. The summed E-state index contributed by atoms with van der Waals surface area (Å²) in [6.45, 7) is 3.99. The highest BCUT2D eigenvalue weighted by Crippen LogP contribution is 2.27. The average molecular weight is 274 g/mol. The van der Waals surface area contributed by atoms with Crippen molar-refractivity contribution >= 4 is 5.91 Å². The van der Waals surface area contributed by atoms with Crippen LogP contribution in [-0.2, 0) is 11.2 Å². The molecular formula is C16H22N2O2. The van der Waals surface area contributed by atoms with Gasteiger partial charge < -0.3 is 15.0 Å². The summed E-state index contributed by atoms with van der Waals surface area (Å²) >= 11 is 0. The van der Waals surface area contributed by atoms with Crippen LogP contribution in [0.2, 0.25) is 0 Å². The van der Waals surface area contributed by atoms with Gasteiger partial charge in [0.15, 0.2) is 0 Å². The van der Waals surface area contributed by atoms with Crippen LogP contribution in [0.4, 0.5) is 0 Å². The molecule has 0 aliphatic carbocycles. The highest BCUT2D eigenvalue weighted by molar-refractivity contribution is 5.79. The second kappa shape index (κ2) is 5.83. The predicted molar refractivity (Wildman–Crippen MR) is 77.7 cm³/mol. The van der Waals surface area contributed by atoms with Crippen LogP contribution >= 0.6 is 0 Å². The van der Waals surface area contributed by atoms with Crippen molar-refractivity contribution < 1.29 is 9.53 Å². The zero-order valence-corrected chi connectivity index (χ0v) is 12.0. The molecule has 0 saturated carbocycles. The van der Waals surface area contributed by atoms with Gasteiger partial charge in [-0.05, 0) is 37.4 Å². The topological polar surface area (TPSA) is 41.6 Å². The van der Waals surface area contributed by atoms with Crippen LogP contribution < -0.4 is 10.1 Å². The van der Waals surface area contributed by atoms with Gasteiger partial charge in [0, 0.05) is 18.7 Å². The Hall–Kier alpha value is -1.55. The van der Waals surface area contributed by atoms with Gasteiger partial charge >= 0.3 is 0 Å². The molecule has 2 fully saturated rings. The number of ether oxygens (including phenoxy) is 1. The standard InChI is InChI=1S/C16H22N2O2/c1-20-15-5-3-2-4-12(15)8-16(19)18-7-6-13-9-17-10-14(13)11-18/h2-5,13-14,17H,6-11H2,1H3. The van der Waals surface area contributed by atoms with Gasteiger partial charge in [-0.1, -0.05) is 18.2 Å². The number of para-hydroxylation sites is 1. The Balaban J connectivity index is 1.64. The molecule has 1 N–H and O–H groups in total. The first-order valence-corrected chi connectivity index (χ1v) is 7.38. The molecule has 0 spiro atoms. The van der Waals surface area contributed by atoms with Gasteiger partial charge in [0.2, 0.25) is 5.91 Å². The van der Waals surface area contributed by atoms with E-state index in [0.717, 1.165) is 49.8 Å². The van der Waals surface area contributed by atoms with Gasteiger partial charge in [-0.3, -0.25) is 4.79 Å². The second-order valence-corrected chi connectivity index (χ2v) is 5.80. The number of hydrogen-bond acceptors (Lipinski definition) is 3. The fraction of sp³-hybridized carbons (Fsp3) is 0.562. The van der Waals surface area contributed by atoms with E-state index in [9.17, 15) is 4.79 Å². The lowest BCUT2D eigenvalue weighted by Crippen LogP contribution is -2.44. The normalized spacial score (nSPS) is 25.4. The summed E-state index contributed by atoms with van der Waals surface area (Å²) < 4.78 is 5.32. The molecule has 2 aliphatic rings. The number of piperidine rings is 1. The van der Waals surface area contributed by atoms with Gasteiger partial charge in [0.1, 0.15) is 5.75 Å². The summed E-state index contributed by atoms with van der Waals surface area (Å²) in [7, 11) is 1.65. The van der Waals surface area contributed by atoms with Crippen LogP contribution in [0.3, 0.4) is 0 Å². The Morgan fingerprint density at radius 1 is 1.35 bits per heavy atom. The van der Waals surface area contributed by atoms with Crippen molar-refractivity contribution in [2.24, 2.45) is 11.8 Å². The summed E-state index contributed by atoms with van der Waals surface area (Å²) in [6.07, 6.45) is 1.57. The highest BCUT2D eigenvalue weighted by Gasteiger charge is 2.34. The lowest BCUT2D eigenvalue weighted by Gasteiger charge is -2.34. The molecule has 2 heterocycles. The van der Waals surface area contributed by atoms with Gasteiger partial charge in [-0.2, -0.15) is 0 Å². The Morgan fingerprint density at radius 2 is 2.15 bits per heavy atom. The van der Waals surface area contributed by atoms with Crippen LogP contribution in [0.5, 0.6) is 5.75 Å². The van der Waals surface area contributed by atoms with E-state index in [1.54, 1.807) is 7.11 Å². The van der Waals surface area contributed by atoms with Crippen LogP contribution in [0, 0.1) is 11.8 Å². The Bertz CT molecular complexity index is 489. The van der Waals surface area contributed by atoms with Crippen LogP contribution in [0.1, 0.15) is 12.0 Å². The molecule has 1 amide bonds. The van der Waals surface area contributed by atoms with E-state index in [-0.39, 0.29) is 5.91 Å². The van der Waals surface area contributed by atoms with E-state index in [1.165, 1.54) is 0 Å². The molecule has 2 atom stereocenters. The number of carbonyl (C=O) groups excluding carboxylic acids is 1. The Kier molecular flexibility index (Phi) is 3.92. The number of fused-ring (bicyclic) bond motifs is 1. The molecule has 0 radical (unpaired) electrons. The van der Waals surface area contributed by atoms with E-state index in [0.29, 0.717) is 12.3 Å². The summed E-state index contributed by atoms with van der Waals surface area (Å²) in [4.78, 5) is 14.5. The summed E-state index contributed by atoms with van der Waals surface area (Å²) in [5.41, 5.74) is 0.978. The molecule has 4 heteroatoms. The minimum Gasteiger partial charge on any atom is -0.496 e. The first-order chi connectivity index (χ1) is 9.78. The van der Waals surface area contributed by atoms with Crippen molar-refractivity contribution in [3.05, 3.63) is 29.8 Å². The van der Waals surface area contributed by atoms with Gasteiger partial charge in [-0.25, -0.2) is 0 Å². The molecule has 1 aromatic carbocycles. The van der Waals surface area contributed by atoms with Crippen LogP contribution in [0.25, 0.3) is 0 Å². The summed E-state index contributed by atoms with van der Waals surface area (Å²) in [5, 5.41) is 3.43. The Labute approximate surface area is 120 Å². The average Bonchev–Trinajstić information content (AvgIpc) is 2.95. The first-order valence-electron chi connectivity index (χ1n) is 7.38. The molecule has 0 aromatic heterocycles. The van der Waals surface area contributed by atoms with Crippen molar-refractivity contribution in [2.75, 3.05) is 33.3 Å². The highest BCUT2D eigenvalue weighted by atomic mass is 16.5. The number of amides is 1.